The Hall–Kier alpha value is -1.97. The van der Waals surface area contributed by atoms with Crippen LogP contribution in [0.4, 0.5) is 11.4 Å². The lowest BCUT2D eigenvalue weighted by atomic mass is 10.2. The summed E-state index contributed by atoms with van der Waals surface area (Å²) >= 11 is 1.55. The Morgan fingerprint density at radius 3 is 2.62 bits per heavy atom. The summed E-state index contributed by atoms with van der Waals surface area (Å²) in [6.45, 7) is 1.39. The molecule has 1 aliphatic heterocycles. The van der Waals surface area contributed by atoms with Crippen molar-refractivity contribution in [3.8, 4) is 0 Å². The van der Waals surface area contributed by atoms with Gasteiger partial charge in [-0.25, -0.2) is 8.42 Å². The van der Waals surface area contributed by atoms with Crippen molar-refractivity contribution in [2.75, 3.05) is 18.4 Å². The fraction of sp³-hybridized carbons (Fsp3) is 0.333. The lowest BCUT2D eigenvalue weighted by Gasteiger charge is -2.16. The standard InChI is InChI=1S/C15H17N3O4S2/c19-18(20)15-10-13(24(21,22)17-7-1-2-8-17)5-6-14(15)16-11-12-4-3-9-23-12/h3-6,9-10,16H,1-2,7-8,11H2. The van der Waals surface area contributed by atoms with Gasteiger partial charge in [-0.05, 0) is 36.4 Å². The second-order valence-corrected chi connectivity index (χ2v) is 8.45. The summed E-state index contributed by atoms with van der Waals surface area (Å²) in [5.41, 5.74) is 0.0839. The van der Waals surface area contributed by atoms with Crippen molar-refractivity contribution < 1.29 is 13.3 Å². The lowest BCUT2D eigenvalue weighted by molar-refractivity contribution is -0.384. The van der Waals surface area contributed by atoms with E-state index in [1.54, 1.807) is 11.3 Å². The zero-order chi connectivity index (χ0) is 17.2. The van der Waals surface area contributed by atoms with Gasteiger partial charge in [0.05, 0.1) is 9.82 Å². The van der Waals surface area contributed by atoms with Crippen molar-refractivity contribution in [3.63, 3.8) is 0 Å². The molecular weight excluding hydrogens is 350 g/mol. The van der Waals surface area contributed by atoms with Crippen molar-refractivity contribution in [1.82, 2.24) is 4.31 Å². The number of hydrogen-bond donors (Lipinski definition) is 1. The summed E-state index contributed by atoms with van der Waals surface area (Å²) in [6.07, 6.45) is 1.64. The molecule has 2 heterocycles. The highest BCUT2D eigenvalue weighted by Gasteiger charge is 2.29. The fourth-order valence-electron chi connectivity index (χ4n) is 2.65. The van der Waals surface area contributed by atoms with E-state index in [0.29, 0.717) is 25.3 Å². The second kappa shape index (κ2) is 6.88. The molecule has 0 bridgehead atoms. The zero-order valence-electron chi connectivity index (χ0n) is 12.8. The van der Waals surface area contributed by atoms with Crippen LogP contribution in [0.3, 0.4) is 0 Å². The molecule has 0 atom stereocenters. The zero-order valence-corrected chi connectivity index (χ0v) is 14.5. The molecule has 3 rings (SSSR count). The molecule has 1 N–H and O–H groups in total. The van der Waals surface area contributed by atoms with E-state index in [2.05, 4.69) is 5.32 Å². The van der Waals surface area contributed by atoms with Gasteiger partial charge >= 0.3 is 0 Å². The van der Waals surface area contributed by atoms with Crippen molar-refractivity contribution in [2.45, 2.75) is 24.3 Å². The van der Waals surface area contributed by atoms with Gasteiger partial charge in [-0.1, -0.05) is 6.07 Å². The van der Waals surface area contributed by atoms with E-state index in [0.717, 1.165) is 23.8 Å². The van der Waals surface area contributed by atoms with Crippen molar-refractivity contribution in [3.05, 3.63) is 50.7 Å². The first kappa shape index (κ1) is 16.9. The number of thiophene rings is 1. The average Bonchev–Trinajstić information content (AvgIpc) is 3.26. The molecule has 24 heavy (non-hydrogen) atoms. The van der Waals surface area contributed by atoms with Gasteiger partial charge in [-0.3, -0.25) is 10.1 Å². The highest BCUT2D eigenvalue weighted by molar-refractivity contribution is 7.89. The van der Waals surface area contributed by atoms with Gasteiger partial charge in [-0.15, -0.1) is 11.3 Å². The first-order chi connectivity index (χ1) is 11.5. The van der Waals surface area contributed by atoms with Crippen LogP contribution in [0, 0.1) is 10.1 Å². The summed E-state index contributed by atoms with van der Waals surface area (Å²) in [5, 5.41) is 16.3. The molecule has 0 amide bonds. The van der Waals surface area contributed by atoms with Crippen LogP contribution in [-0.2, 0) is 16.6 Å². The smallest absolute Gasteiger partial charge is 0.293 e. The Bertz CT molecular complexity index is 828. The van der Waals surface area contributed by atoms with E-state index in [1.165, 1.54) is 16.4 Å². The molecule has 1 fully saturated rings. The summed E-state index contributed by atoms with van der Waals surface area (Å²) in [4.78, 5) is 11.8. The van der Waals surface area contributed by atoms with E-state index in [1.807, 2.05) is 17.5 Å². The number of anilines is 1. The Balaban J connectivity index is 1.88. The van der Waals surface area contributed by atoms with E-state index in [-0.39, 0.29) is 10.6 Å². The van der Waals surface area contributed by atoms with Crippen LogP contribution in [-0.4, -0.2) is 30.7 Å². The molecule has 0 spiro atoms. The quantitative estimate of drug-likeness (QED) is 0.626. The lowest BCUT2D eigenvalue weighted by Crippen LogP contribution is -2.27. The molecule has 9 heteroatoms. The highest BCUT2D eigenvalue weighted by atomic mass is 32.2. The minimum Gasteiger partial charge on any atom is -0.375 e. The summed E-state index contributed by atoms with van der Waals surface area (Å²) in [7, 11) is -3.67. The van der Waals surface area contributed by atoms with Crippen molar-refractivity contribution in [1.29, 1.82) is 0 Å². The molecule has 0 aliphatic carbocycles. The minimum absolute atomic E-state index is 0.0298. The van der Waals surface area contributed by atoms with E-state index in [4.69, 9.17) is 0 Å². The van der Waals surface area contributed by atoms with Crippen LogP contribution < -0.4 is 5.32 Å². The fourth-order valence-corrected chi connectivity index (χ4v) is 4.83. The summed E-state index contributed by atoms with van der Waals surface area (Å²) < 4.78 is 26.5. The second-order valence-electron chi connectivity index (χ2n) is 5.48. The van der Waals surface area contributed by atoms with Gasteiger partial charge in [0, 0.05) is 30.6 Å². The predicted octanol–water partition coefficient (Wildman–Crippen LogP) is 3.05. The number of nitrogens with zero attached hydrogens (tertiary/aromatic N) is 2. The predicted molar refractivity (Wildman–Crippen MR) is 92.7 cm³/mol. The molecule has 0 saturated carbocycles. The number of hydrogen-bond acceptors (Lipinski definition) is 6. The van der Waals surface area contributed by atoms with Crippen LogP contribution in [0.1, 0.15) is 17.7 Å². The van der Waals surface area contributed by atoms with E-state index >= 15 is 0 Å². The van der Waals surface area contributed by atoms with Gasteiger partial charge in [0.15, 0.2) is 0 Å². The van der Waals surface area contributed by atoms with Gasteiger partial charge in [0.2, 0.25) is 10.0 Å². The van der Waals surface area contributed by atoms with Crippen LogP contribution in [0.5, 0.6) is 0 Å². The molecule has 7 nitrogen and oxygen atoms in total. The number of nitrogens with one attached hydrogen (secondary N) is 1. The summed E-state index contributed by atoms with van der Waals surface area (Å²) in [6, 6.07) is 7.87. The Morgan fingerprint density at radius 1 is 1.25 bits per heavy atom. The molecule has 2 aromatic rings. The largest absolute Gasteiger partial charge is 0.375 e. The topological polar surface area (TPSA) is 92.5 Å². The number of sulfonamides is 1. The summed E-state index contributed by atoms with van der Waals surface area (Å²) in [5.74, 6) is 0. The maximum atomic E-state index is 12.5. The van der Waals surface area contributed by atoms with Crippen LogP contribution >= 0.6 is 11.3 Å². The van der Waals surface area contributed by atoms with Crippen LogP contribution in [0.15, 0.2) is 40.6 Å². The monoisotopic (exact) mass is 367 g/mol. The maximum absolute atomic E-state index is 12.5. The van der Waals surface area contributed by atoms with Crippen molar-refractivity contribution in [2.24, 2.45) is 0 Å². The third-order valence-corrected chi connectivity index (χ3v) is 6.67. The Labute approximate surface area is 144 Å². The average molecular weight is 367 g/mol. The van der Waals surface area contributed by atoms with Gasteiger partial charge in [0.25, 0.3) is 5.69 Å². The molecule has 1 aliphatic rings. The first-order valence-corrected chi connectivity index (χ1v) is 9.85. The SMILES string of the molecule is O=[N+]([O-])c1cc(S(=O)(=O)N2CCCC2)ccc1NCc1cccs1. The molecular formula is C15H17N3O4S2. The number of rotatable bonds is 6. The highest BCUT2D eigenvalue weighted by Crippen LogP contribution is 2.30. The molecule has 1 aromatic carbocycles. The Morgan fingerprint density at radius 2 is 2.00 bits per heavy atom. The Kier molecular flexibility index (Phi) is 4.83. The molecule has 0 unspecified atom stereocenters. The molecule has 1 aromatic heterocycles. The van der Waals surface area contributed by atoms with Crippen molar-refractivity contribution >= 4 is 32.7 Å². The first-order valence-electron chi connectivity index (χ1n) is 7.53. The number of benzene rings is 1. The maximum Gasteiger partial charge on any atom is 0.293 e. The third kappa shape index (κ3) is 3.42. The molecule has 128 valence electrons. The number of nitro benzene ring substituents is 1. The molecule has 0 radical (unpaired) electrons. The van der Waals surface area contributed by atoms with Gasteiger partial charge in [0.1, 0.15) is 5.69 Å². The number of nitro groups is 1. The van der Waals surface area contributed by atoms with Crippen LogP contribution in [0.25, 0.3) is 0 Å². The normalized spacial score (nSPS) is 15.5. The van der Waals surface area contributed by atoms with E-state index < -0.39 is 14.9 Å². The van der Waals surface area contributed by atoms with E-state index in [9.17, 15) is 18.5 Å². The van der Waals surface area contributed by atoms with Gasteiger partial charge < -0.3 is 5.32 Å². The molecule has 1 saturated heterocycles. The van der Waals surface area contributed by atoms with Crippen LogP contribution in [0.2, 0.25) is 0 Å². The third-order valence-electron chi connectivity index (χ3n) is 3.90. The minimum atomic E-state index is -3.67. The van der Waals surface area contributed by atoms with Gasteiger partial charge in [-0.2, -0.15) is 4.31 Å².